The van der Waals surface area contributed by atoms with E-state index in [-0.39, 0.29) is 6.42 Å². The van der Waals surface area contributed by atoms with Crippen molar-refractivity contribution in [3.8, 4) is 6.07 Å². The van der Waals surface area contributed by atoms with Crippen LogP contribution in [0.3, 0.4) is 0 Å². The van der Waals surface area contributed by atoms with Crippen LogP contribution in [0.25, 0.3) is 0 Å². The van der Waals surface area contributed by atoms with Crippen molar-refractivity contribution in [3.63, 3.8) is 0 Å². The number of hydrogen-bond donors (Lipinski definition) is 3. The van der Waals surface area contributed by atoms with Gasteiger partial charge in [0.05, 0.1) is 24.3 Å². The van der Waals surface area contributed by atoms with Crippen LogP contribution >= 0.6 is 0 Å². The molecule has 0 saturated carbocycles. The fourth-order valence-corrected chi connectivity index (χ4v) is 0.844. The molecule has 2 atom stereocenters. The number of H-pyrrole nitrogens is 1. The minimum atomic E-state index is -1.06. The van der Waals surface area contributed by atoms with Gasteiger partial charge in [-0.2, -0.15) is 10.4 Å². The van der Waals surface area contributed by atoms with Crippen LogP contribution in [-0.2, 0) is 0 Å². The lowest BCUT2D eigenvalue weighted by Gasteiger charge is -2.12. The van der Waals surface area contributed by atoms with Crippen molar-refractivity contribution in [2.24, 2.45) is 0 Å². The van der Waals surface area contributed by atoms with Crippen LogP contribution in [0.2, 0.25) is 0 Å². The Balaban J connectivity index is 2.60. The molecule has 0 fully saturated rings. The molecule has 0 radical (unpaired) electrons. The molecule has 0 saturated heterocycles. The average Bonchev–Trinajstić information content (AvgIpc) is 2.55. The lowest BCUT2D eigenvalue weighted by molar-refractivity contribution is 0.0190. The molecular formula is C7H9N3O2. The maximum Gasteiger partial charge on any atom is 0.122 e. The van der Waals surface area contributed by atoms with Crippen molar-refractivity contribution in [1.82, 2.24) is 10.2 Å². The third-order valence-electron chi connectivity index (χ3n) is 1.51. The standard InChI is InChI=1S/C7H9N3O2/c8-3-1-6(11)7(12)5-2-4-9-10-5/h2,4,6-7,11-12H,1H2,(H,9,10). The normalized spacial score (nSPS) is 15.1. The molecule has 64 valence electrons. The highest BCUT2D eigenvalue weighted by Gasteiger charge is 2.18. The summed E-state index contributed by atoms with van der Waals surface area (Å²) in [5.74, 6) is 0. The van der Waals surface area contributed by atoms with Gasteiger partial charge in [-0.3, -0.25) is 5.10 Å². The van der Waals surface area contributed by atoms with Gasteiger partial charge in [0.25, 0.3) is 0 Å². The quantitative estimate of drug-likeness (QED) is 0.577. The fourth-order valence-electron chi connectivity index (χ4n) is 0.844. The van der Waals surface area contributed by atoms with Crippen molar-refractivity contribution >= 4 is 0 Å². The Morgan fingerprint density at radius 2 is 2.42 bits per heavy atom. The maximum atomic E-state index is 9.34. The molecule has 0 aromatic carbocycles. The van der Waals surface area contributed by atoms with Crippen LogP contribution < -0.4 is 0 Å². The van der Waals surface area contributed by atoms with Crippen molar-refractivity contribution in [1.29, 1.82) is 5.26 Å². The van der Waals surface area contributed by atoms with Gasteiger partial charge in [-0.1, -0.05) is 0 Å². The van der Waals surface area contributed by atoms with E-state index >= 15 is 0 Å². The summed E-state index contributed by atoms with van der Waals surface area (Å²) in [4.78, 5) is 0. The summed E-state index contributed by atoms with van der Waals surface area (Å²) in [5.41, 5.74) is 0.415. The van der Waals surface area contributed by atoms with Gasteiger partial charge < -0.3 is 10.2 Å². The Morgan fingerprint density at radius 3 is 2.92 bits per heavy atom. The molecular weight excluding hydrogens is 158 g/mol. The van der Waals surface area contributed by atoms with Crippen LogP contribution in [-0.4, -0.2) is 26.5 Å². The number of aliphatic hydroxyl groups excluding tert-OH is 2. The highest BCUT2D eigenvalue weighted by Crippen LogP contribution is 2.15. The molecule has 0 spiro atoms. The molecule has 5 nitrogen and oxygen atoms in total. The smallest absolute Gasteiger partial charge is 0.122 e. The van der Waals surface area contributed by atoms with E-state index in [9.17, 15) is 5.11 Å². The van der Waals surface area contributed by atoms with Gasteiger partial charge in [-0.25, -0.2) is 0 Å². The van der Waals surface area contributed by atoms with Gasteiger partial charge in [0.2, 0.25) is 0 Å². The summed E-state index contributed by atoms with van der Waals surface area (Å²) in [6, 6.07) is 3.31. The number of nitrogens with one attached hydrogen (secondary N) is 1. The summed E-state index contributed by atoms with van der Waals surface area (Å²) in [5, 5.41) is 32.9. The number of nitriles is 1. The number of aromatic amines is 1. The number of rotatable bonds is 3. The van der Waals surface area contributed by atoms with Crippen molar-refractivity contribution in [2.75, 3.05) is 0 Å². The third-order valence-corrected chi connectivity index (χ3v) is 1.51. The summed E-state index contributed by atoms with van der Waals surface area (Å²) >= 11 is 0. The molecule has 12 heavy (non-hydrogen) atoms. The molecule has 2 unspecified atom stereocenters. The van der Waals surface area contributed by atoms with E-state index in [1.807, 2.05) is 0 Å². The van der Waals surface area contributed by atoms with Crippen LogP contribution in [0.1, 0.15) is 18.2 Å². The molecule has 0 aliphatic carbocycles. The zero-order valence-electron chi connectivity index (χ0n) is 6.31. The van der Waals surface area contributed by atoms with Crippen LogP contribution in [0, 0.1) is 11.3 Å². The van der Waals surface area contributed by atoms with Crippen molar-refractivity contribution in [3.05, 3.63) is 18.0 Å². The first kappa shape index (κ1) is 8.71. The van der Waals surface area contributed by atoms with Crippen LogP contribution in [0.4, 0.5) is 0 Å². The van der Waals surface area contributed by atoms with E-state index in [2.05, 4.69) is 10.2 Å². The third kappa shape index (κ3) is 1.81. The second kappa shape index (κ2) is 3.85. The van der Waals surface area contributed by atoms with E-state index in [0.717, 1.165) is 0 Å². The predicted octanol–water partition coefficient (Wildman–Crippen LogP) is -0.282. The zero-order chi connectivity index (χ0) is 8.97. The molecule has 1 rings (SSSR count). The van der Waals surface area contributed by atoms with Gasteiger partial charge in [0.15, 0.2) is 0 Å². The zero-order valence-corrected chi connectivity index (χ0v) is 6.31. The van der Waals surface area contributed by atoms with E-state index in [0.29, 0.717) is 5.69 Å². The highest BCUT2D eigenvalue weighted by atomic mass is 16.3. The Hall–Kier alpha value is -1.38. The van der Waals surface area contributed by atoms with Crippen molar-refractivity contribution in [2.45, 2.75) is 18.6 Å². The molecule has 0 amide bonds. The van der Waals surface area contributed by atoms with Crippen molar-refractivity contribution < 1.29 is 10.2 Å². The van der Waals surface area contributed by atoms with E-state index < -0.39 is 12.2 Å². The summed E-state index contributed by atoms with van der Waals surface area (Å²) in [6.45, 7) is 0. The Kier molecular flexibility index (Phi) is 2.80. The molecule has 1 heterocycles. The minimum absolute atomic E-state index is 0.0970. The Morgan fingerprint density at radius 1 is 1.67 bits per heavy atom. The second-order valence-corrected chi connectivity index (χ2v) is 2.39. The summed E-state index contributed by atoms with van der Waals surface area (Å²) < 4.78 is 0. The Labute approximate surface area is 69.3 Å². The van der Waals surface area contributed by atoms with Gasteiger partial charge in [0, 0.05) is 6.20 Å². The van der Waals surface area contributed by atoms with Gasteiger partial charge in [0.1, 0.15) is 6.10 Å². The minimum Gasteiger partial charge on any atom is -0.389 e. The molecule has 0 bridgehead atoms. The van der Waals surface area contributed by atoms with Gasteiger partial charge in [-0.05, 0) is 6.07 Å². The maximum absolute atomic E-state index is 9.34. The molecule has 5 heteroatoms. The molecule has 0 aliphatic heterocycles. The van der Waals surface area contributed by atoms with Gasteiger partial charge in [-0.15, -0.1) is 0 Å². The molecule has 3 N–H and O–H groups in total. The number of aromatic nitrogens is 2. The largest absolute Gasteiger partial charge is 0.389 e. The number of aliphatic hydroxyl groups is 2. The lowest BCUT2D eigenvalue weighted by Crippen LogP contribution is -2.17. The lowest BCUT2D eigenvalue weighted by atomic mass is 10.1. The molecule has 1 aromatic heterocycles. The summed E-state index contributed by atoms with van der Waals surface area (Å²) in [6.07, 6.45) is -0.750. The topological polar surface area (TPSA) is 92.9 Å². The average molecular weight is 167 g/mol. The number of nitrogens with zero attached hydrogens (tertiary/aromatic N) is 2. The number of hydrogen-bond acceptors (Lipinski definition) is 4. The molecule has 1 aromatic rings. The predicted molar refractivity (Wildman–Crippen MR) is 39.8 cm³/mol. The van der Waals surface area contributed by atoms with E-state index in [1.54, 1.807) is 12.1 Å². The first-order valence-electron chi connectivity index (χ1n) is 3.48. The fraction of sp³-hybridized carbons (Fsp3) is 0.429. The first-order chi connectivity index (χ1) is 5.75. The second-order valence-electron chi connectivity index (χ2n) is 2.39. The highest BCUT2D eigenvalue weighted by molar-refractivity contribution is 5.04. The van der Waals surface area contributed by atoms with E-state index in [4.69, 9.17) is 10.4 Å². The van der Waals surface area contributed by atoms with Gasteiger partial charge >= 0.3 is 0 Å². The molecule has 0 aliphatic rings. The Bertz CT molecular complexity index is 265. The van der Waals surface area contributed by atoms with E-state index in [1.165, 1.54) is 6.20 Å². The van der Waals surface area contributed by atoms with Crippen LogP contribution in [0.15, 0.2) is 12.3 Å². The first-order valence-corrected chi connectivity index (χ1v) is 3.48. The SMILES string of the molecule is N#CCC(O)C(O)c1ccn[nH]1. The summed E-state index contributed by atoms with van der Waals surface area (Å²) in [7, 11) is 0. The van der Waals surface area contributed by atoms with Crippen LogP contribution in [0.5, 0.6) is 0 Å². The monoisotopic (exact) mass is 167 g/mol.